The Morgan fingerprint density at radius 2 is 1.89 bits per heavy atom. The largest absolute Gasteiger partial charge is 0.493 e. The molecule has 1 N–H and O–H groups in total. The minimum atomic E-state index is -1.20. The highest BCUT2D eigenvalue weighted by Gasteiger charge is 2.21. The number of amides is 1. The van der Waals surface area contributed by atoms with Crippen molar-refractivity contribution in [2.45, 2.75) is 32.8 Å². The fourth-order valence-electron chi connectivity index (χ4n) is 3.55. The number of ether oxygens (including phenoxy) is 1. The van der Waals surface area contributed by atoms with Crippen LogP contribution in [0.15, 0.2) is 81.9 Å². The lowest BCUT2D eigenvalue weighted by Crippen LogP contribution is -2.36. The number of hydrogen-bond acceptors (Lipinski definition) is 6. The van der Waals surface area contributed by atoms with Crippen molar-refractivity contribution in [3.05, 3.63) is 95.6 Å². The van der Waals surface area contributed by atoms with Crippen LogP contribution in [0.1, 0.15) is 47.4 Å². The van der Waals surface area contributed by atoms with E-state index < -0.39 is 12.0 Å². The summed E-state index contributed by atoms with van der Waals surface area (Å²) in [6.07, 6.45) is 1.92. The molecule has 0 saturated heterocycles. The normalized spacial score (nSPS) is 11.7. The van der Waals surface area contributed by atoms with E-state index in [0.29, 0.717) is 29.3 Å². The van der Waals surface area contributed by atoms with Crippen molar-refractivity contribution >= 4 is 11.9 Å². The fourth-order valence-corrected chi connectivity index (χ4v) is 3.55. The Morgan fingerprint density at radius 3 is 2.54 bits per heavy atom. The van der Waals surface area contributed by atoms with Gasteiger partial charge in [-0.05, 0) is 44.2 Å². The van der Waals surface area contributed by atoms with Gasteiger partial charge >= 0.3 is 5.97 Å². The highest BCUT2D eigenvalue weighted by atomic mass is 16.5. The zero-order valence-corrected chi connectivity index (χ0v) is 19.4. The Morgan fingerprint density at radius 1 is 1.11 bits per heavy atom. The zero-order valence-electron chi connectivity index (χ0n) is 20.4. The van der Waals surface area contributed by atoms with Crippen LogP contribution < -0.4 is 4.74 Å². The van der Waals surface area contributed by atoms with Crippen LogP contribution in [-0.2, 0) is 13.0 Å². The minimum Gasteiger partial charge on any atom is -0.493 e. The molecule has 35 heavy (non-hydrogen) atoms. The van der Waals surface area contributed by atoms with Gasteiger partial charge in [0.05, 0.1) is 14.2 Å². The molecule has 0 aliphatic rings. The van der Waals surface area contributed by atoms with Gasteiger partial charge in [0.2, 0.25) is 0 Å². The number of benzene rings is 2. The van der Waals surface area contributed by atoms with Crippen LogP contribution in [-0.4, -0.2) is 39.7 Å². The first-order valence-corrected chi connectivity index (χ1v) is 11.1. The summed E-state index contributed by atoms with van der Waals surface area (Å²) < 4.78 is 25.0. The Labute approximate surface area is 204 Å². The number of carboxylic acids is 1. The maximum absolute atomic E-state index is 13.4. The maximum Gasteiger partial charge on any atom is 0.358 e. The van der Waals surface area contributed by atoms with Gasteiger partial charge in [0.15, 0.2) is 5.69 Å². The first-order chi connectivity index (χ1) is 17.2. The van der Waals surface area contributed by atoms with Crippen LogP contribution in [0.5, 0.6) is 5.75 Å². The number of carboxylic acid groups (broad SMARTS) is 1. The van der Waals surface area contributed by atoms with Crippen molar-refractivity contribution in [3.63, 3.8) is 0 Å². The lowest BCUT2D eigenvalue weighted by Gasteiger charge is -2.28. The van der Waals surface area contributed by atoms with Crippen molar-refractivity contribution in [2.75, 3.05) is 6.61 Å². The fraction of sp³-hybridized carbons (Fsp3) is 0.222. The summed E-state index contributed by atoms with van der Waals surface area (Å²) in [5, 5.41) is 12.5. The van der Waals surface area contributed by atoms with Crippen molar-refractivity contribution in [2.24, 2.45) is 0 Å². The SMILES string of the molecule is [2H]C(C)(C)N(Cc1ccccc1OCCc1cc(C(=O)O)no1)C(=O)c1ccc(-c2ccco2)cc1. The van der Waals surface area contributed by atoms with Crippen LogP contribution in [0, 0.1) is 0 Å². The Bertz CT molecular complexity index is 1320. The van der Waals surface area contributed by atoms with E-state index in [1.54, 1.807) is 44.4 Å². The number of carbonyl (C=O) groups excluding carboxylic acids is 1. The number of furan rings is 1. The van der Waals surface area contributed by atoms with Gasteiger partial charge in [0, 0.05) is 41.7 Å². The number of rotatable bonds is 10. The van der Waals surface area contributed by atoms with E-state index in [1.165, 1.54) is 11.0 Å². The highest BCUT2D eigenvalue weighted by Crippen LogP contribution is 2.24. The number of para-hydroxylation sites is 1. The summed E-state index contributed by atoms with van der Waals surface area (Å²) >= 11 is 0. The predicted molar refractivity (Wildman–Crippen MR) is 128 cm³/mol. The molecule has 2 aromatic carbocycles. The first-order valence-electron chi connectivity index (χ1n) is 11.6. The third-order valence-corrected chi connectivity index (χ3v) is 5.41. The Balaban J connectivity index is 1.48. The number of carbonyl (C=O) groups is 2. The number of nitrogens with zero attached hydrogens (tertiary/aromatic N) is 2. The summed E-state index contributed by atoms with van der Waals surface area (Å²) in [7, 11) is 0. The van der Waals surface area contributed by atoms with Gasteiger partial charge in [-0.15, -0.1) is 0 Å². The minimum absolute atomic E-state index is 0.158. The summed E-state index contributed by atoms with van der Waals surface area (Å²) in [6.45, 7) is 3.71. The monoisotopic (exact) mass is 475 g/mol. The van der Waals surface area contributed by atoms with E-state index in [-0.39, 0.29) is 24.8 Å². The molecule has 0 bridgehead atoms. The van der Waals surface area contributed by atoms with Gasteiger partial charge in [0.25, 0.3) is 5.91 Å². The van der Waals surface area contributed by atoms with Gasteiger partial charge in [-0.1, -0.05) is 35.5 Å². The van der Waals surface area contributed by atoms with E-state index in [4.69, 9.17) is 20.2 Å². The molecule has 0 aliphatic heterocycles. The second kappa shape index (κ2) is 10.7. The Kier molecular flexibility index (Phi) is 6.89. The molecule has 0 saturated carbocycles. The van der Waals surface area contributed by atoms with Crippen LogP contribution in [0.2, 0.25) is 0 Å². The Hall–Kier alpha value is -4.33. The van der Waals surface area contributed by atoms with Crippen LogP contribution in [0.4, 0.5) is 0 Å². The summed E-state index contributed by atoms with van der Waals surface area (Å²) in [6, 6.07) is 18.2. The molecule has 2 aromatic heterocycles. The number of hydrogen-bond donors (Lipinski definition) is 1. The van der Waals surface area contributed by atoms with Crippen molar-refractivity contribution in [3.8, 4) is 17.1 Å². The van der Waals surface area contributed by atoms with Gasteiger partial charge in [-0.3, -0.25) is 4.79 Å². The van der Waals surface area contributed by atoms with Crippen molar-refractivity contribution in [1.29, 1.82) is 0 Å². The third kappa shape index (κ3) is 5.78. The molecule has 0 spiro atoms. The average molecular weight is 476 g/mol. The molecule has 0 radical (unpaired) electrons. The van der Waals surface area contributed by atoms with E-state index in [9.17, 15) is 9.59 Å². The molecule has 0 fully saturated rings. The van der Waals surface area contributed by atoms with Crippen LogP contribution >= 0.6 is 0 Å². The molecular weight excluding hydrogens is 448 g/mol. The summed E-state index contributed by atoms with van der Waals surface area (Å²) in [5.41, 5.74) is 1.90. The zero-order chi connectivity index (χ0) is 25.7. The molecule has 8 heteroatoms. The number of aromatic nitrogens is 1. The average Bonchev–Trinajstić information content (AvgIpc) is 3.55. The predicted octanol–water partition coefficient (Wildman–Crippen LogP) is 5.31. The van der Waals surface area contributed by atoms with Crippen LogP contribution in [0.3, 0.4) is 0 Å². The molecule has 180 valence electrons. The second-order valence-corrected chi connectivity index (χ2v) is 8.08. The molecule has 4 rings (SSSR count). The highest BCUT2D eigenvalue weighted by molar-refractivity contribution is 5.94. The molecular formula is C27H26N2O6. The van der Waals surface area contributed by atoms with Crippen molar-refractivity contribution in [1.82, 2.24) is 10.1 Å². The quantitative estimate of drug-likeness (QED) is 0.331. The van der Waals surface area contributed by atoms with Gasteiger partial charge < -0.3 is 23.7 Å². The first kappa shape index (κ1) is 22.5. The topological polar surface area (TPSA) is 106 Å². The van der Waals surface area contributed by atoms with Crippen molar-refractivity contribution < 1.29 is 29.7 Å². The second-order valence-electron chi connectivity index (χ2n) is 8.08. The van der Waals surface area contributed by atoms with Crippen LogP contribution in [0.25, 0.3) is 11.3 Å². The molecule has 1 amide bonds. The lowest BCUT2D eigenvalue weighted by atomic mass is 10.1. The lowest BCUT2D eigenvalue weighted by molar-refractivity contribution is 0.0678. The summed E-state index contributed by atoms with van der Waals surface area (Å²) in [5.74, 6) is 0.230. The number of aromatic carboxylic acids is 1. The summed E-state index contributed by atoms with van der Waals surface area (Å²) in [4.78, 5) is 25.9. The molecule has 2 heterocycles. The standard InChI is InChI=1S/C27H26N2O6/c1-18(2)29(26(30)20-11-9-19(10-12-20)24-8-5-14-33-24)17-21-6-3-4-7-25(21)34-15-13-22-16-23(27(31)32)28-35-22/h3-12,14,16,18H,13,15,17H2,1-2H3,(H,31,32)/i18D. The molecule has 4 aromatic rings. The molecule has 0 atom stereocenters. The molecule has 0 aliphatic carbocycles. The van der Waals surface area contributed by atoms with Gasteiger partial charge in [0.1, 0.15) is 17.3 Å². The van der Waals surface area contributed by atoms with Gasteiger partial charge in [-0.2, -0.15) is 0 Å². The van der Waals surface area contributed by atoms with E-state index in [1.807, 2.05) is 36.4 Å². The molecule has 0 unspecified atom stereocenters. The van der Waals surface area contributed by atoms with E-state index in [0.717, 1.165) is 11.1 Å². The van der Waals surface area contributed by atoms with Gasteiger partial charge in [-0.25, -0.2) is 4.79 Å². The smallest absolute Gasteiger partial charge is 0.358 e. The third-order valence-electron chi connectivity index (χ3n) is 5.41. The maximum atomic E-state index is 13.4. The van der Waals surface area contributed by atoms with E-state index in [2.05, 4.69) is 5.16 Å². The van der Waals surface area contributed by atoms with E-state index >= 15 is 0 Å². The molecule has 8 nitrogen and oxygen atoms in total.